The van der Waals surface area contributed by atoms with Crippen LogP contribution in [0.3, 0.4) is 0 Å². The molecule has 0 saturated heterocycles. The van der Waals surface area contributed by atoms with E-state index in [0.717, 1.165) is 23.3 Å². The molecule has 0 unspecified atom stereocenters. The zero-order valence-corrected chi connectivity index (χ0v) is 19.6. The number of amides is 1. The summed E-state index contributed by atoms with van der Waals surface area (Å²) >= 11 is 1.45. The molecule has 0 aliphatic carbocycles. The van der Waals surface area contributed by atoms with Crippen LogP contribution in [0.2, 0.25) is 0 Å². The van der Waals surface area contributed by atoms with E-state index < -0.39 is 0 Å². The normalized spacial score (nSPS) is 13.3. The molecule has 2 aromatic heterocycles. The Hall–Kier alpha value is -3.07. The van der Waals surface area contributed by atoms with Crippen LogP contribution in [0.15, 0.2) is 27.8 Å². The summed E-state index contributed by atoms with van der Waals surface area (Å²) in [6.07, 6.45) is 2.34. The van der Waals surface area contributed by atoms with Crippen LogP contribution < -0.4 is 20.7 Å². The number of hydrogen-bond donors (Lipinski definition) is 0. The van der Waals surface area contributed by atoms with Crippen LogP contribution in [0.4, 0.5) is 0 Å². The minimum Gasteiger partial charge on any atom is -0.493 e. The molecule has 3 heterocycles. The van der Waals surface area contributed by atoms with Gasteiger partial charge in [0.1, 0.15) is 4.83 Å². The molecule has 1 aliphatic rings. The number of thiophene rings is 1. The number of fused-ring (bicyclic) bond motifs is 3. The molecular formula is C23H27N3O5S. The molecule has 0 N–H and O–H groups in total. The smallest absolute Gasteiger partial charge is 0.336 e. The third-order valence-corrected chi connectivity index (χ3v) is 7.17. The highest BCUT2D eigenvalue weighted by molar-refractivity contribution is 7.18. The predicted octanol–water partition coefficient (Wildman–Crippen LogP) is 2.94. The summed E-state index contributed by atoms with van der Waals surface area (Å²) in [4.78, 5) is 42.6. The Labute approximate surface area is 189 Å². The van der Waals surface area contributed by atoms with E-state index in [4.69, 9.17) is 9.47 Å². The van der Waals surface area contributed by atoms with Crippen LogP contribution in [-0.2, 0) is 24.3 Å². The van der Waals surface area contributed by atoms with Gasteiger partial charge < -0.3 is 14.4 Å². The number of carbonyl (C=O) groups excluding carboxylic acids is 1. The fourth-order valence-corrected chi connectivity index (χ4v) is 5.55. The van der Waals surface area contributed by atoms with E-state index >= 15 is 0 Å². The molecule has 0 saturated carbocycles. The van der Waals surface area contributed by atoms with Crippen molar-refractivity contribution in [3.8, 4) is 17.2 Å². The number of aromatic nitrogens is 2. The first-order valence-electron chi connectivity index (χ1n) is 10.7. The molecule has 0 atom stereocenters. The van der Waals surface area contributed by atoms with Crippen LogP contribution in [-0.4, -0.2) is 40.7 Å². The standard InChI is InChI=1S/C23H27N3O5S/c1-5-6-10-25-22-20(16-9-11-24(14(2)27)13-19(16)32-22)21(28)26(23(25)29)15-7-8-17(30-3)18(12-15)31-4/h7-8,12H,5-6,9-11,13H2,1-4H3. The molecule has 170 valence electrons. The second kappa shape index (κ2) is 8.82. The van der Waals surface area contributed by atoms with Gasteiger partial charge in [-0.2, -0.15) is 0 Å². The van der Waals surface area contributed by atoms with Crippen LogP contribution in [0.25, 0.3) is 15.9 Å². The number of rotatable bonds is 6. The minimum absolute atomic E-state index is 0.0132. The fraction of sp³-hybridized carbons (Fsp3) is 0.435. The van der Waals surface area contributed by atoms with Crippen molar-refractivity contribution in [3.05, 3.63) is 49.5 Å². The zero-order valence-electron chi connectivity index (χ0n) is 18.8. The van der Waals surface area contributed by atoms with E-state index in [-0.39, 0.29) is 17.2 Å². The lowest BCUT2D eigenvalue weighted by Crippen LogP contribution is -2.39. The van der Waals surface area contributed by atoms with Crippen molar-refractivity contribution in [2.45, 2.75) is 46.2 Å². The van der Waals surface area contributed by atoms with Gasteiger partial charge >= 0.3 is 5.69 Å². The lowest BCUT2D eigenvalue weighted by molar-refractivity contribution is -0.129. The van der Waals surface area contributed by atoms with Crippen molar-refractivity contribution in [3.63, 3.8) is 0 Å². The first-order chi connectivity index (χ1) is 15.4. The van der Waals surface area contributed by atoms with Gasteiger partial charge in [0.2, 0.25) is 5.91 Å². The zero-order chi connectivity index (χ0) is 23.0. The van der Waals surface area contributed by atoms with Gasteiger partial charge in [0.15, 0.2) is 11.5 Å². The molecule has 0 radical (unpaired) electrons. The molecule has 1 aliphatic heterocycles. The highest BCUT2D eigenvalue weighted by Crippen LogP contribution is 2.34. The number of carbonyl (C=O) groups is 1. The molecule has 4 rings (SSSR count). The Bertz CT molecular complexity index is 1300. The van der Waals surface area contributed by atoms with Crippen molar-refractivity contribution in [1.29, 1.82) is 0 Å². The summed E-state index contributed by atoms with van der Waals surface area (Å²) in [5.74, 6) is 0.981. The average Bonchev–Trinajstić information content (AvgIpc) is 3.17. The molecule has 8 nitrogen and oxygen atoms in total. The Morgan fingerprint density at radius 3 is 2.56 bits per heavy atom. The van der Waals surface area contributed by atoms with E-state index in [1.54, 1.807) is 34.6 Å². The second-order valence-corrected chi connectivity index (χ2v) is 8.93. The van der Waals surface area contributed by atoms with Crippen LogP contribution in [0.5, 0.6) is 11.5 Å². The Morgan fingerprint density at radius 2 is 1.91 bits per heavy atom. The van der Waals surface area contributed by atoms with Crippen molar-refractivity contribution >= 4 is 27.5 Å². The van der Waals surface area contributed by atoms with E-state index in [9.17, 15) is 14.4 Å². The fourth-order valence-electron chi connectivity index (χ4n) is 4.18. The summed E-state index contributed by atoms with van der Waals surface area (Å²) < 4.78 is 13.6. The van der Waals surface area contributed by atoms with Gasteiger partial charge in [-0.3, -0.25) is 14.2 Å². The number of ether oxygens (including phenoxy) is 2. The monoisotopic (exact) mass is 457 g/mol. The maximum atomic E-state index is 13.7. The second-order valence-electron chi connectivity index (χ2n) is 7.84. The van der Waals surface area contributed by atoms with Gasteiger partial charge in [-0.05, 0) is 30.5 Å². The van der Waals surface area contributed by atoms with Crippen LogP contribution in [0.1, 0.15) is 37.1 Å². The third-order valence-electron chi connectivity index (χ3n) is 5.93. The van der Waals surface area contributed by atoms with Crippen molar-refractivity contribution in [2.24, 2.45) is 0 Å². The highest BCUT2D eigenvalue weighted by Gasteiger charge is 2.27. The molecule has 1 aromatic carbocycles. The van der Waals surface area contributed by atoms with Crippen LogP contribution in [0, 0.1) is 0 Å². The number of methoxy groups -OCH3 is 2. The number of unbranched alkanes of at least 4 members (excludes halogenated alkanes) is 1. The average molecular weight is 458 g/mol. The maximum absolute atomic E-state index is 13.7. The summed E-state index contributed by atoms with van der Waals surface area (Å²) in [6, 6.07) is 5.03. The summed E-state index contributed by atoms with van der Waals surface area (Å²) in [6.45, 7) is 5.19. The lowest BCUT2D eigenvalue weighted by atomic mass is 10.1. The minimum atomic E-state index is -0.370. The van der Waals surface area contributed by atoms with E-state index in [1.807, 2.05) is 0 Å². The summed E-state index contributed by atoms with van der Waals surface area (Å²) in [5, 5.41) is 0.582. The third kappa shape index (κ3) is 3.60. The molecule has 32 heavy (non-hydrogen) atoms. The van der Waals surface area contributed by atoms with Crippen molar-refractivity contribution in [1.82, 2.24) is 14.0 Å². The van der Waals surface area contributed by atoms with Gasteiger partial charge in [-0.1, -0.05) is 13.3 Å². The molecule has 1 amide bonds. The first kappa shape index (κ1) is 22.1. The Morgan fingerprint density at radius 1 is 1.16 bits per heavy atom. The van der Waals surface area contributed by atoms with E-state index in [0.29, 0.717) is 53.5 Å². The van der Waals surface area contributed by atoms with Crippen molar-refractivity contribution in [2.75, 3.05) is 20.8 Å². The van der Waals surface area contributed by atoms with Gasteiger partial charge in [0, 0.05) is 31.0 Å². The van der Waals surface area contributed by atoms with Gasteiger partial charge in [0.05, 0.1) is 31.8 Å². The number of aryl methyl sites for hydroxylation is 1. The van der Waals surface area contributed by atoms with Crippen LogP contribution >= 0.6 is 11.3 Å². The van der Waals surface area contributed by atoms with Gasteiger partial charge in [-0.15, -0.1) is 11.3 Å². The number of nitrogens with zero attached hydrogens (tertiary/aromatic N) is 3. The molecular weight excluding hydrogens is 430 g/mol. The first-order valence-corrected chi connectivity index (χ1v) is 11.5. The predicted molar refractivity (Wildman–Crippen MR) is 124 cm³/mol. The molecule has 0 bridgehead atoms. The Balaban J connectivity index is 2.00. The lowest BCUT2D eigenvalue weighted by Gasteiger charge is -2.25. The topological polar surface area (TPSA) is 82.8 Å². The molecule has 0 fully saturated rings. The molecule has 3 aromatic rings. The van der Waals surface area contributed by atoms with Gasteiger partial charge in [-0.25, -0.2) is 9.36 Å². The maximum Gasteiger partial charge on any atom is 0.336 e. The quantitative estimate of drug-likeness (QED) is 0.568. The van der Waals surface area contributed by atoms with E-state index in [1.165, 1.54) is 30.1 Å². The van der Waals surface area contributed by atoms with Crippen molar-refractivity contribution < 1.29 is 14.3 Å². The number of benzene rings is 1. The van der Waals surface area contributed by atoms with Gasteiger partial charge in [0.25, 0.3) is 5.56 Å². The SMILES string of the molecule is CCCCn1c(=O)n(-c2ccc(OC)c(OC)c2)c(=O)c2c3c(sc21)CN(C(C)=O)CC3. The Kier molecular flexibility index (Phi) is 6.10. The highest BCUT2D eigenvalue weighted by atomic mass is 32.1. The van der Waals surface area contributed by atoms with E-state index in [2.05, 4.69) is 6.92 Å². The molecule has 9 heteroatoms. The summed E-state index contributed by atoms with van der Waals surface area (Å²) in [7, 11) is 3.05. The summed E-state index contributed by atoms with van der Waals surface area (Å²) in [5.41, 5.74) is 0.682. The number of hydrogen-bond acceptors (Lipinski definition) is 6. The largest absolute Gasteiger partial charge is 0.493 e. The molecule has 0 spiro atoms.